The quantitative estimate of drug-likeness (QED) is 0.615. The van der Waals surface area contributed by atoms with Crippen LogP contribution in [0.25, 0.3) is 11.4 Å². The molecule has 0 bridgehead atoms. The second-order valence-electron chi connectivity index (χ2n) is 6.69. The first-order chi connectivity index (χ1) is 13.6. The van der Waals surface area contributed by atoms with E-state index in [2.05, 4.69) is 15.5 Å². The number of nitrogens with one attached hydrogen (secondary N) is 1. The van der Waals surface area contributed by atoms with Gasteiger partial charge in [0, 0.05) is 34.4 Å². The molecule has 1 saturated heterocycles. The van der Waals surface area contributed by atoms with Crippen molar-refractivity contribution in [1.82, 2.24) is 15.0 Å². The Hall–Kier alpha value is -2.57. The second-order valence-corrected chi connectivity index (χ2v) is 7.56. The van der Waals surface area contributed by atoms with Gasteiger partial charge in [0.25, 0.3) is 0 Å². The number of benzene rings is 2. The summed E-state index contributed by atoms with van der Waals surface area (Å²) in [6.07, 6.45) is 1.76. The van der Waals surface area contributed by atoms with Crippen LogP contribution < -0.4 is 5.32 Å². The third-order valence-electron chi connectivity index (χ3n) is 4.68. The first kappa shape index (κ1) is 18.8. The lowest BCUT2D eigenvalue weighted by atomic mass is 9.98. The van der Waals surface area contributed by atoms with Gasteiger partial charge >= 0.3 is 6.03 Å². The Kier molecular flexibility index (Phi) is 5.50. The summed E-state index contributed by atoms with van der Waals surface area (Å²) >= 11 is 11.9. The highest BCUT2D eigenvalue weighted by Crippen LogP contribution is 2.28. The predicted octanol–water partition coefficient (Wildman–Crippen LogP) is 5.45. The van der Waals surface area contributed by atoms with Crippen LogP contribution in [0.4, 0.5) is 10.5 Å². The van der Waals surface area contributed by atoms with Crippen molar-refractivity contribution in [3.05, 3.63) is 64.5 Å². The van der Waals surface area contributed by atoms with Gasteiger partial charge in [0.15, 0.2) is 0 Å². The molecule has 1 aliphatic rings. The number of amides is 2. The molecule has 28 heavy (non-hydrogen) atoms. The Balaban J connectivity index is 1.43. The molecule has 0 spiro atoms. The number of likely N-dealkylation sites (tertiary alicyclic amines) is 1. The van der Waals surface area contributed by atoms with Crippen LogP contribution in [-0.4, -0.2) is 34.2 Å². The van der Waals surface area contributed by atoms with Crippen molar-refractivity contribution < 1.29 is 9.32 Å². The second kappa shape index (κ2) is 8.20. The monoisotopic (exact) mass is 416 g/mol. The molecule has 144 valence electrons. The van der Waals surface area contributed by atoms with Crippen LogP contribution in [0.5, 0.6) is 0 Å². The average Bonchev–Trinajstić information content (AvgIpc) is 3.19. The Labute approximate surface area is 172 Å². The standard InChI is InChI=1S/C20H18Cl2N4O2/c21-15-8-6-13(7-9-15)18-24-19(28-25-18)14-3-2-10-26(12-14)20(27)23-17-5-1-4-16(22)11-17/h1,4-9,11,14H,2-3,10,12H2,(H,23,27)/t14-/m0/s1. The van der Waals surface area contributed by atoms with Crippen molar-refractivity contribution in [2.45, 2.75) is 18.8 Å². The van der Waals surface area contributed by atoms with Crippen molar-refractivity contribution in [2.75, 3.05) is 18.4 Å². The van der Waals surface area contributed by atoms with Gasteiger partial charge in [-0.15, -0.1) is 0 Å². The maximum absolute atomic E-state index is 12.6. The van der Waals surface area contributed by atoms with Crippen LogP contribution >= 0.6 is 23.2 Å². The van der Waals surface area contributed by atoms with E-state index in [1.165, 1.54) is 0 Å². The van der Waals surface area contributed by atoms with Crippen molar-refractivity contribution in [3.8, 4) is 11.4 Å². The highest BCUT2D eigenvalue weighted by molar-refractivity contribution is 6.31. The highest BCUT2D eigenvalue weighted by Gasteiger charge is 2.28. The summed E-state index contributed by atoms with van der Waals surface area (Å²) < 4.78 is 5.48. The van der Waals surface area contributed by atoms with Crippen LogP contribution in [0, 0.1) is 0 Å². The van der Waals surface area contributed by atoms with Gasteiger partial charge in [0.05, 0.1) is 5.92 Å². The number of carbonyl (C=O) groups excluding carboxylic acids is 1. The Morgan fingerprint density at radius 3 is 2.75 bits per heavy atom. The molecule has 0 unspecified atom stereocenters. The molecule has 3 aromatic rings. The fourth-order valence-electron chi connectivity index (χ4n) is 3.25. The van der Waals surface area contributed by atoms with E-state index < -0.39 is 0 Å². The molecule has 2 amide bonds. The molecule has 1 fully saturated rings. The summed E-state index contributed by atoms with van der Waals surface area (Å²) in [6, 6.07) is 14.2. The maximum Gasteiger partial charge on any atom is 0.321 e. The zero-order valence-corrected chi connectivity index (χ0v) is 16.5. The number of hydrogen-bond donors (Lipinski definition) is 1. The van der Waals surface area contributed by atoms with E-state index in [1.807, 2.05) is 18.2 Å². The Bertz CT molecular complexity index is 974. The molecule has 0 aliphatic carbocycles. The van der Waals surface area contributed by atoms with Gasteiger partial charge in [-0.05, 0) is 55.3 Å². The summed E-state index contributed by atoms with van der Waals surface area (Å²) in [4.78, 5) is 18.9. The van der Waals surface area contributed by atoms with Crippen LogP contribution in [-0.2, 0) is 0 Å². The molecule has 2 heterocycles. The molecular formula is C20H18Cl2N4O2. The van der Waals surface area contributed by atoms with E-state index in [0.29, 0.717) is 40.5 Å². The van der Waals surface area contributed by atoms with Gasteiger partial charge in [0.1, 0.15) is 0 Å². The number of carbonyl (C=O) groups is 1. The zero-order valence-electron chi connectivity index (χ0n) is 14.9. The maximum atomic E-state index is 12.6. The molecular weight excluding hydrogens is 399 g/mol. The Morgan fingerprint density at radius 1 is 1.14 bits per heavy atom. The van der Waals surface area contributed by atoms with Gasteiger partial charge in [-0.25, -0.2) is 4.79 Å². The third kappa shape index (κ3) is 4.29. The molecule has 1 aliphatic heterocycles. The minimum absolute atomic E-state index is 0.00686. The number of hydrogen-bond acceptors (Lipinski definition) is 4. The first-order valence-electron chi connectivity index (χ1n) is 8.99. The number of anilines is 1. The summed E-state index contributed by atoms with van der Waals surface area (Å²) in [6.45, 7) is 1.20. The molecule has 0 saturated carbocycles. The van der Waals surface area contributed by atoms with Crippen molar-refractivity contribution >= 4 is 34.9 Å². The third-order valence-corrected chi connectivity index (χ3v) is 5.16. The zero-order chi connectivity index (χ0) is 19.5. The number of nitrogens with zero attached hydrogens (tertiary/aromatic N) is 3. The van der Waals surface area contributed by atoms with Crippen molar-refractivity contribution in [2.24, 2.45) is 0 Å². The molecule has 1 atom stereocenters. The molecule has 4 rings (SSSR count). The summed E-state index contributed by atoms with van der Waals surface area (Å²) in [5.74, 6) is 1.07. The lowest BCUT2D eigenvalue weighted by Crippen LogP contribution is -2.41. The molecule has 8 heteroatoms. The average molecular weight is 417 g/mol. The molecule has 2 aromatic carbocycles. The van der Waals surface area contributed by atoms with Gasteiger partial charge in [-0.3, -0.25) is 0 Å². The SMILES string of the molecule is O=C(Nc1cccc(Cl)c1)N1CCC[C@H](c2nc(-c3ccc(Cl)cc3)no2)C1. The van der Waals surface area contributed by atoms with Crippen LogP contribution in [0.1, 0.15) is 24.7 Å². The smallest absolute Gasteiger partial charge is 0.321 e. The topological polar surface area (TPSA) is 71.3 Å². The fourth-order valence-corrected chi connectivity index (χ4v) is 3.57. The largest absolute Gasteiger partial charge is 0.339 e. The van der Waals surface area contributed by atoms with E-state index in [0.717, 1.165) is 18.4 Å². The van der Waals surface area contributed by atoms with E-state index in [1.54, 1.807) is 35.2 Å². The molecule has 0 radical (unpaired) electrons. The van der Waals surface area contributed by atoms with Crippen molar-refractivity contribution in [3.63, 3.8) is 0 Å². The van der Waals surface area contributed by atoms with Crippen molar-refractivity contribution in [1.29, 1.82) is 0 Å². The number of rotatable bonds is 3. The lowest BCUT2D eigenvalue weighted by molar-refractivity contribution is 0.184. The molecule has 1 N–H and O–H groups in total. The fraction of sp³-hybridized carbons (Fsp3) is 0.250. The van der Waals surface area contributed by atoms with Gasteiger partial charge in [0.2, 0.25) is 11.7 Å². The van der Waals surface area contributed by atoms with Gasteiger partial charge < -0.3 is 14.7 Å². The van der Waals surface area contributed by atoms with E-state index in [4.69, 9.17) is 27.7 Å². The Morgan fingerprint density at radius 2 is 1.96 bits per heavy atom. The summed E-state index contributed by atoms with van der Waals surface area (Å²) in [7, 11) is 0. The van der Waals surface area contributed by atoms with Crippen LogP contribution in [0.2, 0.25) is 10.0 Å². The summed E-state index contributed by atoms with van der Waals surface area (Å²) in [5, 5.41) is 8.19. The number of aromatic nitrogens is 2. The summed E-state index contributed by atoms with van der Waals surface area (Å²) in [5.41, 5.74) is 1.51. The number of piperidine rings is 1. The predicted molar refractivity (Wildman–Crippen MR) is 109 cm³/mol. The van der Waals surface area contributed by atoms with Gasteiger partial charge in [-0.2, -0.15) is 4.98 Å². The van der Waals surface area contributed by atoms with Gasteiger partial charge in [-0.1, -0.05) is 34.4 Å². The number of halogens is 2. The first-order valence-corrected chi connectivity index (χ1v) is 9.75. The normalized spacial score (nSPS) is 16.8. The van der Waals surface area contributed by atoms with Crippen LogP contribution in [0.3, 0.4) is 0 Å². The van der Waals surface area contributed by atoms with E-state index >= 15 is 0 Å². The van der Waals surface area contributed by atoms with E-state index in [9.17, 15) is 4.79 Å². The van der Waals surface area contributed by atoms with Crippen LogP contribution in [0.15, 0.2) is 53.1 Å². The number of urea groups is 1. The molecule has 1 aromatic heterocycles. The minimum atomic E-state index is -0.163. The minimum Gasteiger partial charge on any atom is -0.339 e. The highest BCUT2D eigenvalue weighted by atomic mass is 35.5. The van der Waals surface area contributed by atoms with E-state index in [-0.39, 0.29) is 11.9 Å². The molecule has 6 nitrogen and oxygen atoms in total. The lowest BCUT2D eigenvalue weighted by Gasteiger charge is -2.31.